The van der Waals surface area contributed by atoms with Gasteiger partial charge in [-0.15, -0.1) is 0 Å². The average molecular weight is 340 g/mol. The molecule has 4 nitrogen and oxygen atoms in total. The average Bonchev–Trinajstić information content (AvgIpc) is 2.76. The van der Waals surface area contributed by atoms with Crippen LogP contribution in [0.2, 0.25) is 0 Å². The lowest BCUT2D eigenvalue weighted by atomic mass is 10.3. The number of carbonyl (C=O) groups is 1. The predicted molar refractivity (Wildman–Crippen MR) is 81.3 cm³/mol. The van der Waals surface area contributed by atoms with Crippen molar-refractivity contribution < 1.29 is 9.18 Å². The molecular weight excluding hydrogens is 325 g/mol. The van der Waals surface area contributed by atoms with Gasteiger partial charge in [0.15, 0.2) is 0 Å². The Labute approximate surface area is 124 Å². The Kier molecular flexibility index (Phi) is 4.13. The van der Waals surface area contributed by atoms with E-state index in [1.165, 1.54) is 12.1 Å². The Bertz CT molecular complexity index is 652. The van der Waals surface area contributed by atoms with E-state index in [9.17, 15) is 9.18 Å². The maximum atomic E-state index is 13.2. The maximum absolute atomic E-state index is 13.2. The second-order valence-electron chi connectivity index (χ2n) is 4.74. The number of benzene rings is 1. The van der Waals surface area contributed by atoms with Crippen molar-refractivity contribution in [2.45, 2.75) is 19.9 Å². The highest BCUT2D eigenvalue weighted by atomic mass is 79.9. The van der Waals surface area contributed by atoms with Gasteiger partial charge >= 0.3 is 0 Å². The summed E-state index contributed by atoms with van der Waals surface area (Å²) >= 11 is 3.27. The standard InChI is InChI=1S/C14H15BrFN3O/c1-8(2)19-7-10(17)6-13(19)14(20)18-12-5-9(16)3-4-11(12)15/h3-8H,17H2,1-2H3,(H,18,20). The van der Waals surface area contributed by atoms with E-state index in [1.807, 2.05) is 13.8 Å². The Balaban J connectivity index is 2.31. The predicted octanol–water partition coefficient (Wildman–Crippen LogP) is 3.81. The van der Waals surface area contributed by atoms with Crippen LogP contribution in [0, 0.1) is 5.82 Å². The molecule has 106 valence electrons. The molecule has 0 spiro atoms. The van der Waals surface area contributed by atoms with Crippen LogP contribution in [0.4, 0.5) is 15.8 Å². The Morgan fingerprint density at radius 1 is 1.40 bits per heavy atom. The topological polar surface area (TPSA) is 60.0 Å². The summed E-state index contributed by atoms with van der Waals surface area (Å²) in [4.78, 5) is 12.3. The number of aromatic nitrogens is 1. The monoisotopic (exact) mass is 339 g/mol. The third-order valence-corrected chi connectivity index (χ3v) is 3.53. The quantitative estimate of drug-likeness (QED) is 0.893. The first-order chi connectivity index (χ1) is 9.38. The zero-order valence-electron chi connectivity index (χ0n) is 11.2. The highest BCUT2D eigenvalue weighted by Crippen LogP contribution is 2.24. The summed E-state index contributed by atoms with van der Waals surface area (Å²) in [7, 11) is 0. The number of nitrogens with two attached hydrogens (primary N) is 1. The smallest absolute Gasteiger partial charge is 0.272 e. The van der Waals surface area contributed by atoms with Crippen LogP contribution in [0.15, 0.2) is 34.9 Å². The van der Waals surface area contributed by atoms with Crippen LogP contribution in [-0.4, -0.2) is 10.5 Å². The van der Waals surface area contributed by atoms with Crippen molar-refractivity contribution in [1.82, 2.24) is 4.57 Å². The molecule has 2 rings (SSSR count). The number of nitrogen functional groups attached to an aromatic ring is 1. The van der Waals surface area contributed by atoms with Crippen LogP contribution in [0.25, 0.3) is 0 Å². The molecule has 1 aromatic carbocycles. The van der Waals surface area contributed by atoms with Gasteiger partial charge in [-0.05, 0) is 54.0 Å². The molecule has 20 heavy (non-hydrogen) atoms. The molecular formula is C14H15BrFN3O. The summed E-state index contributed by atoms with van der Waals surface area (Å²) < 4.78 is 15.6. The van der Waals surface area contributed by atoms with E-state index in [1.54, 1.807) is 22.9 Å². The summed E-state index contributed by atoms with van der Waals surface area (Å²) in [6.45, 7) is 3.91. The molecule has 0 bridgehead atoms. The van der Waals surface area contributed by atoms with Crippen molar-refractivity contribution in [2.75, 3.05) is 11.1 Å². The van der Waals surface area contributed by atoms with E-state index in [4.69, 9.17) is 5.73 Å². The number of anilines is 2. The van der Waals surface area contributed by atoms with E-state index >= 15 is 0 Å². The van der Waals surface area contributed by atoms with Crippen LogP contribution < -0.4 is 11.1 Å². The molecule has 1 amide bonds. The molecule has 3 N–H and O–H groups in total. The van der Waals surface area contributed by atoms with E-state index in [0.29, 0.717) is 21.5 Å². The first-order valence-electron chi connectivity index (χ1n) is 6.12. The molecule has 6 heteroatoms. The Morgan fingerprint density at radius 2 is 2.10 bits per heavy atom. The van der Waals surface area contributed by atoms with Crippen LogP contribution in [0.3, 0.4) is 0 Å². The summed E-state index contributed by atoms with van der Waals surface area (Å²) in [6, 6.07) is 5.82. The lowest BCUT2D eigenvalue weighted by Gasteiger charge is -2.13. The first kappa shape index (κ1) is 14.6. The fourth-order valence-electron chi connectivity index (χ4n) is 1.89. The second-order valence-corrected chi connectivity index (χ2v) is 5.59. The molecule has 1 heterocycles. The number of hydrogen-bond acceptors (Lipinski definition) is 2. The normalized spacial score (nSPS) is 10.8. The van der Waals surface area contributed by atoms with Gasteiger partial charge in [0.05, 0.1) is 11.4 Å². The van der Waals surface area contributed by atoms with Crippen LogP contribution in [0.5, 0.6) is 0 Å². The SMILES string of the molecule is CC(C)n1cc(N)cc1C(=O)Nc1cc(F)ccc1Br. The van der Waals surface area contributed by atoms with E-state index in [2.05, 4.69) is 21.2 Å². The molecule has 0 saturated heterocycles. The van der Waals surface area contributed by atoms with Crippen LogP contribution in [-0.2, 0) is 0 Å². The van der Waals surface area contributed by atoms with Crippen molar-refractivity contribution in [3.8, 4) is 0 Å². The van der Waals surface area contributed by atoms with Gasteiger partial charge in [0.2, 0.25) is 0 Å². The van der Waals surface area contributed by atoms with Crippen LogP contribution >= 0.6 is 15.9 Å². The molecule has 0 aliphatic carbocycles. The van der Waals surface area contributed by atoms with Gasteiger partial charge in [-0.1, -0.05) is 0 Å². The van der Waals surface area contributed by atoms with Crippen molar-refractivity contribution in [3.05, 3.63) is 46.4 Å². The number of nitrogens with one attached hydrogen (secondary N) is 1. The lowest BCUT2D eigenvalue weighted by Crippen LogP contribution is -2.18. The van der Waals surface area contributed by atoms with Crippen molar-refractivity contribution in [2.24, 2.45) is 0 Å². The lowest BCUT2D eigenvalue weighted by molar-refractivity contribution is 0.101. The number of hydrogen-bond donors (Lipinski definition) is 2. The molecule has 2 aromatic rings. The number of amides is 1. The van der Waals surface area contributed by atoms with E-state index < -0.39 is 5.82 Å². The third kappa shape index (κ3) is 3.01. The van der Waals surface area contributed by atoms with E-state index in [-0.39, 0.29) is 11.9 Å². The molecule has 0 aliphatic rings. The summed E-state index contributed by atoms with van der Waals surface area (Å²) in [5.41, 5.74) is 7.07. The first-order valence-corrected chi connectivity index (χ1v) is 6.91. The third-order valence-electron chi connectivity index (χ3n) is 2.84. The molecule has 1 aromatic heterocycles. The largest absolute Gasteiger partial charge is 0.397 e. The molecule has 0 unspecified atom stereocenters. The van der Waals surface area contributed by atoms with E-state index in [0.717, 1.165) is 0 Å². The maximum Gasteiger partial charge on any atom is 0.272 e. The highest BCUT2D eigenvalue weighted by molar-refractivity contribution is 9.10. The van der Waals surface area contributed by atoms with Gasteiger partial charge in [-0.3, -0.25) is 4.79 Å². The molecule has 0 fully saturated rings. The van der Waals surface area contributed by atoms with Gasteiger partial charge in [0, 0.05) is 16.7 Å². The summed E-state index contributed by atoms with van der Waals surface area (Å²) in [5, 5.41) is 2.67. The van der Waals surface area contributed by atoms with Gasteiger partial charge < -0.3 is 15.6 Å². The van der Waals surface area contributed by atoms with Crippen molar-refractivity contribution >= 4 is 33.2 Å². The molecule has 0 aliphatic heterocycles. The van der Waals surface area contributed by atoms with Crippen LogP contribution in [0.1, 0.15) is 30.4 Å². The minimum atomic E-state index is -0.415. The van der Waals surface area contributed by atoms with Gasteiger partial charge in [0.1, 0.15) is 11.5 Å². The number of nitrogens with zero attached hydrogens (tertiary/aromatic N) is 1. The minimum Gasteiger partial charge on any atom is -0.397 e. The fourth-order valence-corrected chi connectivity index (χ4v) is 2.24. The molecule has 0 radical (unpaired) electrons. The molecule has 0 atom stereocenters. The fraction of sp³-hybridized carbons (Fsp3) is 0.214. The highest BCUT2D eigenvalue weighted by Gasteiger charge is 2.16. The van der Waals surface area contributed by atoms with Crippen molar-refractivity contribution in [1.29, 1.82) is 0 Å². The molecule has 0 saturated carbocycles. The van der Waals surface area contributed by atoms with Gasteiger partial charge in [-0.25, -0.2) is 4.39 Å². The number of carbonyl (C=O) groups excluding carboxylic acids is 1. The van der Waals surface area contributed by atoms with Gasteiger partial charge in [-0.2, -0.15) is 0 Å². The zero-order valence-corrected chi connectivity index (χ0v) is 12.7. The van der Waals surface area contributed by atoms with Gasteiger partial charge in [0.25, 0.3) is 5.91 Å². The minimum absolute atomic E-state index is 0.101. The zero-order chi connectivity index (χ0) is 14.9. The summed E-state index contributed by atoms with van der Waals surface area (Å²) in [5.74, 6) is -0.746. The summed E-state index contributed by atoms with van der Waals surface area (Å²) in [6.07, 6.45) is 1.71. The number of rotatable bonds is 3. The Morgan fingerprint density at radius 3 is 2.75 bits per heavy atom. The van der Waals surface area contributed by atoms with Crippen molar-refractivity contribution in [3.63, 3.8) is 0 Å². The Hall–Kier alpha value is -1.82. The second kappa shape index (κ2) is 5.66. The number of halogens is 2.